The van der Waals surface area contributed by atoms with E-state index < -0.39 is 0 Å². The van der Waals surface area contributed by atoms with Gasteiger partial charge < -0.3 is 9.88 Å². The quantitative estimate of drug-likeness (QED) is 0.744. The maximum Gasteiger partial charge on any atom is 0.0361 e. The molecule has 1 aromatic heterocycles. The second kappa shape index (κ2) is 3.54. The molecule has 13 heavy (non-hydrogen) atoms. The van der Waals surface area contributed by atoms with Gasteiger partial charge in [-0.2, -0.15) is 0 Å². The molecule has 2 nitrogen and oxygen atoms in total. The smallest absolute Gasteiger partial charge is 0.0361 e. The van der Waals surface area contributed by atoms with Crippen LogP contribution in [0.4, 0.5) is 0 Å². The summed E-state index contributed by atoms with van der Waals surface area (Å²) in [5.41, 5.74) is 2.83. The van der Waals surface area contributed by atoms with E-state index in [9.17, 15) is 0 Å². The fourth-order valence-electron chi connectivity index (χ4n) is 1.67. The van der Waals surface area contributed by atoms with Crippen molar-refractivity contribution in [2.45, 2.75) is 38.8 Å². The Labute approximate surface area is 79.9 Å². The van der Waals surface area contributed by atoms with Crippen LogP contribution in [0.2, 0.25) is 0 Å². The van der Waals surface area contributed by atoms with Crippen LogP contribution in [0.1, 0.15) is 31.2 Å². The summed E-state index contributed by atoms with van der Waals surface area (Å²) < 4.78 is 2.30. The third-order valence-electron chi connectivity index (χ3n) is 2.84. The first-order valence-electron chi connectivity index (χ1n) is 5.18. The second-order valence-corrected chi connectivity index (χ2v) is 3.88. The molecule has 0 saturated heterocycles. The average Bonchev–Trinajstić information content (AvgIpc) is 2.89. The Morgan fingerprint density at radius 3 is 2.62 bits per heavy atom. The molecule has 2 rings (SSSR count). The predicted molar refractivity (Wildman–Crippen MR) is 54.7 cm³/mol. The standard InChI is InChI=1S/C11H18N2/c1-3-10-6-7-11(13(10)2)8-12-9-4-5-9/h6-7,9,12H,3-5,8H2,1-2H3. The van der Waals surface area contributed by atoms with Crippen molar-refractivity contribution in [3.05, 3.63) is 23.5 Å². The van der Waals surface area contributed by atoms with Crippen molar-refractivity contribution in [1.29, 1.82) is 0 Å². The van der Waals surface area contributed by atoms with E-state index in [0.717, 1.165) is 19.0 Å². The summed E-state index contributed by atoms with van der Waals surface area (Å²) >= 11 is 0. The molecule has 0 aliphatic heterocycles. The van der Waals surface area contributed by atoms with Crippen molar-refractivity contribution < 1.29 is 0 Å². The van der Waals surface area contributed by atoms with Crippen molar-refractivity contribution in [2.75, 3.05) is 0 Å². The highest BCUT2D eigenvalue weighted by Crippen LogP contribution is 2.19. The van der Waals surface area contributed by atoms with Gasteiger partial charge in [0, 0.05) is 31.0 Å². The summed E-state index contributed by atoms with van der Waals surface area (Å²) in [5.74, 6) is 0. The second-order valence-electron chi connectivity index (χ2n) is 3.88. The summed E-state index contributed by atoms with van der Waals surface area (Å²) in [4.78, 5) is 0. The molecule has 1 N–H and O–H groups in total. The van der Waals surface area contributed by atoms with Crippen LogP contribution in [-0.4, -0.2) is 10.6 Å². The summed E-state index contributed by atoms with van der Waals surface area (Å²) in [6, 6.07) is 5.26. The van der Waals surface area contributed by atoms with E-state index in [2.05, 4.69) is 36.0 Å². The molecule has 0 aromatic carbocycles. The highest BCUT2D eigenvalue weighted by molar-refractivity contribution is 5.16. The molecule has 72 valence electrons. The molecule has 1 aromatic rings. The van der Waals surface area contributed by atoms with E-state index in [-0.39, 0.29) is 0 Å². The Morgan fingerprint density at radius 2 is 2.08 bits per heavy atom. The fourth-order valence-corrected chi connectivity index (χ4v) is 1.67. The monoisotopic (exact) mass is 178 g/mol. The zero-order valence-electron chi connectivity index (χ0n) is 8.51. The van der Waals surface area contributed by atoms with Crippen LogP contribution in [0.15, 0.2) is 12.1 Å². The van der Waals surface area contributed by atoms with E-state index in [1.54, 1.807) is 0 Å². The van der Waals surface area contributed by atoms with Gasteiger partial charge in [-0.25, -0.2) is 0 Å². The molecule has 0 spiro atoms. The lowest BCUT2D eigenvalue weighted by Crippen LogP contribution is -2.17. The number of hydrogen-bond donors (Lipinski definition) is 1. The van der Waals surface area contributed by atoms with Crippen molar-refractivity contribution in [2.24, 2.45) is 7.05 Å². The zero-order valence-corrected chi connectivity index (χ0v) is 8.51. The third kappa shape index (κ3) is 1.94. The van der Waals surface area contributed by atoms with Crippen molar-refractivity contribution in [3.8, 4) is 0 Å². The number of nitrogens with zero attached hydrogens (tertiary/aromatic N) is 1. The molecule has 0 radical (unpaired) electrons. The molecule has 2 heteroatoms. The van der Waals surface area contributed by atoms with Gasteiger partial charge in [0.25, 0.3) is 0 Å². The number of aryl methyl sites for hydroxylation is 1. The van der Waals surface area contributed by atoms with Crippen molar-refractivity contribution in [1.82, 2.24) is 9.88 Å². The molecule has 1 fully saturated rings. The van der Waals surface area contributed by atoms with E-state index in [4.69, 9.17) is 0 Å². The SMILES string of the molecule is CCc1ccc(CNC2CC2)n1C. The molecule has 1 aliphatic carbocycles. The average molecular weight is 178 g/mol. The van der Waals surface area contributed by atoms with E-state index in [1.165, 1.54) is 24.2 Å². The topological polar surface area (TPSA) is 17.0 Å². The molecule has 0 amide bonds. The van der Waals surface area contributed by atoms with Gasteiger partial charge in [-0.1, -0.05) is 6.92 Å². The van der Waals surface area contributed by atoms with Crippen LogP contribution in [0, 0.1) is 0 Å². The Bertz CT molecular complexity index is 284. The normalized spacial score (nSPS) is 16.5. The summed E-state index contributed by atoms with van der Waals surface area (Å²) in [5, 5.41) is 3.53. The van der Waals surface area contributed by atoms with Crippen molar-refractivity contribution >= 4 is 0 Å². The van der Waals surface area contributed by atoms with Crippen LogP contribution in [0.3, 0.4) is 0 Å². The van der Waals surface area contributed by atoms with Crippen LogP contribution >= 0.6 is 0 Å². The highest BCUT2D eigenvalue weighted by Gasteiger charge is 2.20. The molecular formula is C11H18N2. The lowest BCUT2D eigenvalue weighted by atomic mass is 10.3. The Balaban J connectivity index is 1.97. The molecular weight excluding hydrogens is 160 g/mol. The minimum atomic E-state index is 0.806. The lowest BCUT2D eigenvalue weighted by molar-refractivity contribution is 0.643. The first-order valence-corrected chi connectivity index (χ1v) is 5.18. The predicted octanol–water partition coefficient (Wildman–Crippen LogP) is 1.84. The number of aromatic nitrogens is 1. The molecule has 0 bridgehead atoms. The van der Waals surface area contributed by atoms with Crippen LogP contribution < -0.4 is 5.32 Å². The summed E-state index contributed by atoms with van der Waals surface area (Å²) in [6.07, 6.45) is 3.86. The Kier molecular flexibility index (Phi) is 2.40. The number of nitrogens with one attached hydrogen (secondary N) is 1. The van der Waals surface area contributed by atoms with Crippen molar-refractivity contribution in [3.63, 3.8) is 0 Å². The van der Waals surface area contributed by atoms with Gasteiger partial charge in [0.1, 0.15) is 0 Å². The molecule has 1 aliphatic rings. The molecule has 0 unspecified atom stereocenters. The van der Waals surface area contributed by atoms with Gasteiger partial charge in [0.2, 0.25) is 0 Å². The fraction of sp³-hybridized carbons (Fsp3) is 0.636. The first-order chi connectivity index (χ1) is 6.31. The van der Waals surface area contributed by atoms with Gasteiger partial charge in [-0.15, -0.1) is 0 Å². The van der Waals surface area contributed by atoms with Gasteiger partial charge in [0.05, 0.1) is 0 Å². The zero-order chi connectivity index (χ0) is 9.26. The van der Waals surface area contributed by atoms with E-state index in [0.29, 0.717) is 0 Å². The maximum absolute atomic E-state index is 3.53. The highest BCUT2D eigenvalue weighted by atomic mass is 15.0. The van der Waals surface area contributed by atoms with Gasteiger partial charge in [-0.3, -0.25) is 0 Å². The Morgan fingerprint density at radius 1 is 1.38 bits per heavy atom. The largest absolute Gasteiger partial charge is 0.350 e. The minimum Gasteiger partial charge on any atom is -0.350 e. The lowest BCUT2D eigenvalue weighted by Gasteiger charge is -2.06. The third-order valence-corrected chi connectivity index (χ3v) is 2.84. The number of hydrogen-bond acceptors (Lipinski definition) is 1. The van der Waals surface area contributed by atoms with Crippen LogP contribution in [0.25, 0.3) is 0 Å². The van der Waals surface area contributed by atoms with Gasteiger partial charge in [-0.05, 0) is 31.4 Å². The van der Waals surface area contributed by atoms with E-state index in [1.807, 2.05) is 0 Å². The van der Waals surface area contributed by atoms with Gasteiger partial charge in [0.15, 0.2) is 0 Å². The van der Waals surface area contributed by atoms with Crippen LogP contribution in [0.5, 0.6) is 0 Å². The molecule has 0 atom stereocenters. The number of rotatable bonds is 4. The molecule has 1 heterocycles. The minimum absolute atomic E-state index is 0.806. The maximum atomic E-state index is 3.53. The van der Waals surface area contributed by atoms with E-state index >= 15 is 0 Å². The summed E-state index contributed by atoms with van der Waals surface area (Å²) in [7, 11) is 2.16. The molecule has 1 saturated carbocycles. The Hall–Kier alpha value is -0.760. The van der Waals surface area contributed by atoms with Gasteiger partial charge >= 0.3 is 0 Å². The summed E-state index contributed by atoms with van der Waals surface area (Å²) in [6.45, 7) is 3.23. The van der Waals surface area contributed by atoms with Crippen LogP contribution in [-0.2, 0) is 20.0 Å². The first kappa shape index (κ1) is 8.82.